The fourth-order valence-electron chi connectivity index (χ4n) is 4.25. The van der Waals surface area contributed by atoms with Crippen LogP contribution in [0.4, 0.5) is 18.9 Å². The number of sulfonamides is 1. The van der Waals surface area contributed by atoms with Gasteiger partial charge in [-0.2, -0.15) is 13.2 Å². The summed E-state index contributed by atoms with van der Waals surface area (Å²) < 4.78 is 69.3. The topological polar surface area (TPSA) is 86.8 Å². The van der Waals surface area contributed by atoms with Crippen LogP contribution in [0.2, 0.25) is 5.02 Å². The molecule has 3 aromatic carbocycles. The van der Waals surface area contributed by atoms with E-state index >= 15 is 0 Å². The Morgan fingerprint density at radius 3 is 2.07 bits per heavy atom. The van der Waals surface area contributed by atoms with Crippen molar-refractivity contribution < 1.29 is 31.2 Å². The zero-order valence-electron chi connectivity index (χ0n) is 23.4. The standard InChI is InChI=1S/C30H33ClF3N3O4S/c1-4-21(3)35-29(39)26(5-2)36(19-22-12-8-6-9-13-22)28(38)20-37(42(40,41)24-14-10-7-11-15-24)27-18-23(30(32,33)34)16-17-25(27)31/h6-18,21,26H,4-5,19-20H2,1-3H3,(H,35,39). The monoisotopic (exact) mass is 623 g/mol. The van der Waals surface area contributed by atoms with Gasteiger partial charge >= 0.3 is 6.18 Å². The van der Waals surface area contributed by atoms with Crippen molar-refractivity contribution in [1.82, 2.24) is 10.2 Å². The molecule has 226 valence electrons. The van der Waals surface area contributed by atoms with Crippen LogP contribution in [0, 0.1) is 0 Å². The largest absolute Gasteiger partial charge is 0.416 e. The van der Waals surface area contributed by atoms with Crippen molar-refractivity contribution in [2.24, 2.45) is 0 Å². The van der Waals surface area contributed by atoms with Gasteiger partial charge in [-0.15, -0.1) is 0 Å². The third-order valence-corrected chi connectivity index (χ3v) is 8.83. The van der Waals surface area contributed by atoms with E-state index in [-0.39, 0.29) is 28.9 Å². The summed E-state index contributed by atoms with van der Waals surface area (Å²) in [5.41, 5.74) is -0.973. The molecule has 7 nitrogen and oxygen atoms in total. The number of hydrogen-bond acceptors (Lipinski definition) is 4. The molecule has 1 N–H and O–H groups in total. The smallest absolute Gasteiger partial charge is 0.352 e. The number of rotatable bonds is 12. The molecule has 2 atom stereocenters. The summed E-state index contributed by atoms with van der Waals surface area (Å²) in [4.78, 5) is 28.3. The van der Waals surface area contributed by atoms with Gasteiger partial charge in [0, 0.05) is 12.6 Å². The van der Waals surface area contributed by atoms with Crippen LogP contribution in [0.1, 0.15) is 44.7 Å². The van der Waals surface area contributed by atoms with Crippen molar-refractivity contribution in [1.29, 1.82) is 0 Å². The highest BCUT2D eigenvalue weighted by Gasteiger charge is 2.37. The molecular weight excluding hydrogens is 591 g/mol. The highest BCUT2D eigenvalue weighted by molar-refractivity contribution is 7.92. The summed E-state index contributed by atoms with van der Waals surface area (Å²) >= 11 is 6.28. The number of nitrogens with one attached hydrogen (secondary N) is 1. The predicted molar refractivity (Wildman–Crippen MR) is 156 cm³/mol. The van der Waals surface area contributed by atoms with Crippen molar-refractivity contribution >= 4 is 39.1 Å². The molecule has 2 unspecified atom stereocenters. The highest BCUT2D eigenvalue weighted by Crippen LogP contribution is 2.37. The zero-order valence-corrected chi connectivity index (χ0v) is 25.0. The first-order valence-corrected chi connectivity index (χ1v) is 15.2. The molecule has 2 amide bonds. The Bertz CT molecular complexity index is 1470. The third-order valence-electron chi connectivity index (χ3n) is 6.73. The van der Waals surface area contributed by atoms with E-state index in [2.05, 4.69) is 5.32 Å². The summed E-state index contributed by atoms with van der Waals surface area (Å²) in [6.07, 6.45) is -3.95. The maximum atomic E-state index is 14.0. The zero-order chi connectivity index (χ0) is 31.1. The average molecular weight is 624 g/mol. The van der Waals surface area contributed by atoms with E-state index in [1.807, 2.05) is 13.8 Å². The van der Waals surface area contributed by atoms with Crippen molar-refractivity contribution in [3.63, 3.8) is 0 Å². The van der Waals surface area contributed by atoms with Gasteiger partial charge in [0.25, 0.3) is 10.0 Å². The molecule has 0 spiro atoms. The van der Waals surface area contributed by atoms with Crippen molar-refractivity contribution in [2.45, 2.75) is 63.3 Å². The van der Waals surface area contributed by atoms with Crippen molar-refractivity contribution in [3.8, 4) is 0 Å². The Morgan fingerprint density at radius 1 is 0.929 bits per heavy atom. The lowest BCUT2D eigenvalue weighted by Crippen LogP contribution is -2.53. The number of halogens is 4. The molecule has 0 aliphatic heterocycles. The van der Waals surface area contributed by atoms with Crippen LogP contribution in [0.5, 0.6) is 0 Å². The molecule has 0 aliphatic carbocycles. The minimum atomic E-state index is -4.80. The number of nitrogens with zero attached hydrogens (tertiary/aromatic N) is 2. The van der Waals surface area contributed by atoms with Gasteiger partial charge in [-0.3, -0.25) is 13.9 Å². The Kier molecular flexibility index (Phi) is 11.0. The molecular formula is C30H33ClF3N3O4S. The van der Waals surface area contributed by atoms with Crippen LogP contribution >= 0.6 is 11.6 Å². The number of anilines is 1. The normalized spacial score (nSPS) is 13.2. The Morgan fingerprint density at radius 2 is 1.52 bits per heavy atom. The van der Waals surface area contributed by atoms with Crippen LogP contribution in [0.15, 0.2) is 83.8 Å². The summed E-state index contributed by atoms with van der Waals surface area (Å²) in [7, 11) is -4.58. The van der Waals surface area contributed by atoms with Crippen LogP contribution < -0.4 is 9.62 Å². The molecule has 3 rings (SSSR count). The number of amides is 2. The Labute approximate surface area is 249 Å². The lowest BCUT2D eigenvalue weighted by atomic mass is 10.1. The summed E-state index contributed by atoms with van der Waals surface area (Å²) in [6.45, 7) is 4.48. The quantitative estimate of drug-likeness (QED) is 0.257. The van der Waals surface area contributed by atoms with Gasteiger partial charge in [0.05, 0.1) is 21.2 Å². The second-order valence-electron chi connectivity index (χ2n) is 9.74. The van der Waals surface area contributed by atoms with Gasteiger partial charge in [-0.05, 0) is 55.7 Å². The van der Waals surface area contributed by atoms with Crippen molar-refractivity contribution in [3.05, 3.63) is 95.0 Å². The summed E-state index contributed by atoms with van der Waals surface area (Å²) in [5.74, 6) is -1.22. The second-order valence-corrected chi connectivity index (χ2v) is 12.0. The number of alkyl halides is 3. The summed E-state index contributed by atoms with van der Waals surface area (Å²) in [5, 5.41) is 2.57. The third kappa shape index (κ3) is 8.04. The molecule has 12 heteroatoms. The molecule has 0 radical (unpaired) electrons. The van der Waals surface area contributed by atoms with Crippen LogP contribution in [0.25, 0.3) is 0 Å². The first-order valence-electron chi connectivity index (χ1n) is 13.4. The minimum Gasteiger partial charge on any atom is -0.352 e. The van der Waals surface area contributed by atoms with Gasteiger partial charge in [0.2, 0.25) is 11.8 Å². The first kappa shape index (κ1) is 32.9. The van der Waals surface area contributed by atoms with Crippen LogP contribution in [-0.2, 0) is 32.3 Å². The highest BCUT2D eigenvalue weighted by atomic mass is 35.5. The Hall–Kier alpha value is -3.57. The van der Waals surface area contributed by atoms with Gasteiger partial charge in [0.15, 0.2) is 0 Å². The van der Waals surface area contributed by atoms with Gasteiger partial charge in [0.1, 0.15) is 12.6 Å². The summed E-state index contributed by atoms with van der Waals surface area (Å²) in [6, 6.07) is 16.9. The van der Waals surface area contributed by atoms with E-state index in [0.29, 0.717) is 22.4 Å². The van der Waals surface area contributed by atoms with E-state index in [9.17, 15) is 31.2 Å². The van der Waals surface area contributed by atoms with Crippen molar-refractivity contribution in [2.75, 3.05) is 10.8 Å². The first-order chi connectivity index (χ1) is 19.8. The van der Waals surface area contributed by atoms with Crippen LogP contribution in [-0.4, -0.2) is 43.8 Å². The van der Waals surface area contributed by atoms with Gasteiger partial charge in [-0.25, -0.2) is 8.42 Å². The average Bonchev–Trinajstić information content (AvgIpc) is 2.96. The number of carbonyl (C=O) groups excluding carboxylic acids is 2. The second kappa shape index (κ2) is 14.1. The van der Waals surface area contributed by atoms with E-state index in [4.69, 9.17) is 11.6 Å². The lowest BCUT2D eigenvalue weighted by molar-refractivity contribution is -0.140. The van der Waals surface area contributed by atoms with Gasteiger partial charge in [-0.1, -0.05) is 74.0 Å². The molecule has 0 bridgehead atoms. The molecule has 0 heterocycles. The maximum absolute atomic E-state index is 14.0. The molecule has 0 saturated heterocycles. The fraction of sp³-hybridized carbons (Fsp3) is 0.333. The SMILES string of the molecule is CCC(C)NC(=O)C(CC)N(Cc1ccccc1)C(=O)CN(c1cc(C(F)(F)F)ccc1Cl)S(=O)(=O)c1ccccc1. The molecule has 0 fully saturated rings. The van der Waals surface area contributed by atoms with E-state index in [0.717, 1.165) is 12.1 Å². The Balaban J connectivity index is 2.14. The minimum absolute atomic E-state index is 0.0400. The molecule has 0 saturated carbocycles. The van der Waals surface area contributed by atoms with E-state index in [1.54, 1.807) is 43.3 Å². The predicted octanol–water partition coefficient (Wildman–Crippen LogP) is 6.28. The lowest BCUT2D eigenvalue weighted by Gasteiger charge is -2.34. The fourth-order valence-corrected chi connectivity index (χ4v) is 5.97. The molecule has 42 heavy (non-hydrogen) atoms. The number of benzene rings is 3. The molecule has 0 aromatic heterocycles. The molecule has 3 aromatic rings. The number of carbonyl (C=O) groups is 2. The van der Waals surface area contributed by atoms with Crippen LogP contribution in [0.3, 0.4) is 0 Å². The number of hydrogen-bond donors (Lipinski definition) is 1. The maximum Gasteiger partial charge on any atom is 0.416 e. The van der Waals surface area contributed by atoms with E-state index in [1.165, 1.54) is 29.2 Å². The van der Waals surface area contributed by atoms with E-state index < -0.39 is 51.9 Å². The van der Waals surface area contributed by atoms with Gasteiger partial charge < -0.3 is 10.2 Å². The molecule has 0 aliphatic rings.